The molecule has 1 aliphatic heterocycles. The Bertz CT molecular complexity index is 458. The maximum Gasteiger partial charge on any atom is 0.179 e. The largest absolute Gasteiger partial charge is 0.347 e. The molecule has 1 saturated heterocycles. The molecule has 1 fully saturated rings. The van der Waals surface area contributed by atoms with Crippen molar-refractivity contribution in [1.82, 2.24) is 0 Å². The molecule has 16 heavy (non-hydrogen) atoms. The van der Waals surface area contributed by atoms with Gasteiger partial charge in [-0.05, 0) is 11.1 Å². The van der Waals surface area contributed by atoms with E-state index in [0.717, 1.165) is 19.6 Å². The third-order valence-corrected chi connectivity index (χ3v) is 4.02. The van der Waals surface area contributed by atoms with Gasteiger partial charge in [-0.2, -0.15) is 0 Å². The van der Waals surface area contributed by atoms with Gasteiger partial charge in [0, 0.05) is 12.3 Å². The van der Waals surface area contributed by atoms with E-state index in [0.29, 0.717) is 5.92 Å². The highest BCUT2D eigenvalue weighted by Gasteiger charge is 2.51. The molecule has 4 aliphatic rings. The predicted octanol–water partition coefficient (Wildman–Crippen LogP) is 2.57. The standard InChI is InChI=1S/C14H14O2/c1-2-4-12-11(3-1)10-5-6-13(12)14(9-10)15-7-8-16-14/h1-6,10,13H,7-9H2. The normalized spacial score (nSPS) is 33.2. The molecule has 1 spiro atoms. The molecule has 1 heterocycles. The highest BCUT2D eigenvalue weighted by Crippen LogP contribution is 2.53. The molecule has 0 N–H and O–H groups in total. The first-order valence-corrected chi connectivity index (χ1v) is 5.94. The molecular formula is C14H14O2. The Hall–Kier alpha value is -1.12. The van der Waals surface area contributed by atoms with Crippen LogP contribution in [0.25, 0.3) is 0 Å². The van der Waals surface area contributed by atoms with Gasteiger partial charge in [0.25, 0.3) is 0 Å². The van der Waals surface area contributed by atoms with E-state index >= 15 is 0 Å². The van der Waals surface area contributed by atoms with Crippen LogP contribution in [0, 0.1) is 0 Å². The second-order valence-corrected chi connectivity index (χ2v) is 4.81. The van der Waals surface area contributed by atoms with Gasteiger partial charge in [0.2, 0.25) is 0 Å². The molecule has 0 saturated carbocycles. The van der Waals surface area contributed by atoms with Gasteiger partial charge in [0.15, 0.2) is 5.79 Å². The monoisotopic (exact) mass is 214 g/mol. The van der Waals surface area contributed by atoms with Crippen LogP contribution in [0.1, 0.15) is 29.4 Å². The first-order chi connectivity index (χ1) is 7.89. The van der Waals surface area contributed by atoms with Gasteiger partial charge < -0.3 is 9.47 Å². The lowest BCUT2D eigenvalue weighted by atomic mass is 9.68. The fourth-order valence-corrected chi connectivity index (χ4v) is 3.35. The van der Waals surface area contributed by atoms with Gasteiger partial charge in [-0.3, -0.25) is 0 Å². The molecule has 0 radical (unpaired) electrons. The van der Waals surface area contributed by atoms with Crippen LogP contribution in [-0.2, 0) is 9.47 Å². The lowest BCUT2D eigenvalue weighted by Gasteiger charge is -2.45. The van der Waals surface area contributed by atoms with Gasteiger partial charge in [0.05, 0.1) is 19.1 Å². The van der Waals surface area contributed by atoms with Gasteiger partial charge in [-0.15, -0.1) is 0 Å². The van der Waals surface area contributed by atoms with Crippen LogP contribution in [-0.4, -0.2) is 19.0 Å². The number of ether oxygens (including phenoxy) is 2. The van der Waals surface area contributed by atoms with Crippen LogP contribution in [0.3, 0.4) is 0 Å². The molecule has 2 bridgehead atoms. The van der Waals surface area contributed by atoms with Gasteiger partial charge in [-0.25, -0.2) is 0 Å². The first kappa shape index (κ1) is 8.97. The van der Waals surface area contributed by atoms with Gasteiger partial charge in [0.1, 0.15) is 0 Å². The van der Waals surface area contributed by atoms with E-state index in [1.54, 1.807) is 0 Å². The van der Waals surface area contributed by atoms with Crippen LogP contribution in [0.4, 0.5) is 0 Å². The van der Waals surface area contributed by atoms with Crippen LogP contribution < -0.4 is 0 Å². The van der Waals surface area contributed by atoms with Crippen molar-refractivity contribution in [3.8, 4) is 0 Å². The molecule has 1 aromatic rings. The van der Waals surface area contributed by atoms with E-state index in [9.17, 15) is 0 Å². The highest BCUT2D eigenvalue weighted by molar-refractivity contribution is 5.46. The van der Waals surface area contributed by atoms with Crippen LogP contribution in [0.15, 0.2) is 36.4 Å². The van der Waals surface area contributed by atoms with E-state index < -0.39 is 0 Å². The van der Waals surface area contributed by atoms with E-state index in [2.05, 4.69) is 36.4 Å². The Morgan fingerprint density at radius 1 is 1.00 bits per heavy atom. The lowest BCUT2D eigenvalue weighted by Crippen LogP contribution is -2.44. The molecule has 5 rings (SSSR count). The zero-order valence-corrected chi connectivity index (χ0v) is 9.06. The summed E-state index contributed by atoms with van der Waals surface area (Å²) < 4.78 is 11.8. The van der Waals surface area contributed by atoms with Crippen molar-refractivity contribution in [2.24, 2.45) is 0 Å². The Labute approximate surface area is 94.9 Å². The Morgan fingerprint density at radius 2 is 1.75 bits per heavy atom. The Morgan fingerprint density at radius 3 is 2.56 bits per heavy atom. The lowest BCUT2D eigenvalue weighted by molar-refractivity contribution is -0.179. The zero-order chi connectivity index (χ0) is 10.6. The number of benzene rings is 1. The minimum atomic E-state index is -0.353. The summed E-state index contributed by atoms with van der Waals surface area (Å²) in [6, 6.07) is 8.67. The number of hydrogen-bond donors (Lipinski definition) is 0. The summed E-state index contributed by atoms with van der Waals surface area (Å²) in [5.41, 5.74) is 2.85. The third kappa shape index (κ3) is 0.989. The summed E-state index contributed by atoms with van der Waals surface area (Å²) >= 11 is 0. The summed E-state index contributed by atoms with van der Waals surface area (Å²) in [7, 11) is 0. The molecule has 1 aromatic carbocycles. The quantitative estimate of drug-likeness (QED) is 0.618. The second-order valence-electron chi connectivity index (χ2n) is 4.81. The smallest absolute Gasteiger partial charge is 0.179 e. The van der Waals surface area contributed by atoms with Crippen molar-refractivity contribution < 1.29 is 9.47 Å². The topological polar surface area (TPSA) is 18.5 Å². The molecule has 0 amide bonds. The highest BCUT2D eigenvalue weighted by atomic mass is 16.7. The van der Waals surface area contributed by atoms with Crippen molar-refractivity contribution in [2.75, 3.05) is 13.2 Å². The second kappa shape index (κ2) is 2.96. The molecule has 2 heteroatoms. The summed E-state index contributed by atoms with van der Waals surface area (Å²) in [6.45, 7) is 1.47. The third-order valence-electron chi connectivity index (χ3n) is 4.02. The number of allylic oxidation sites excluding steroid dienone is 1. The molecule has 2 unspecified atom stereocenters. The van der Waals surface area contributed by atoms with E-state index in [4.69, 9.17) is 9.47 Å². The first-order valence-electron chi connectivity index (χ1n) is 5.94. The van der Waals surface area contributed by atoms with Crippen molar-refractivity contribution in [3.63, 3.8) is 0 Å². The minimum Gasteiger partial charge on any atom is -0.347 e. The Kier molecular flexibility index (Phi) is 1.66. The van der Waals surface area contributed by atoms with Gasteiger partial charge in [-0.1, -0.05) is 36.4 Å². The maximum atomic E-state index is 5.90. The molecule has 3 aliphatic carbocycles. The average Bonchev–Trinajstić information content (AvgIpc) is 2.79. The van der Waals surface area contributed by atoms with E-state index in [1.807, 2.05) is 0 Å². The zero-order valence-electron chi connectivity index (χ0n) is 9.06. The van der Waals surface area contributed by atoms with Crippen molar-refractivity contribution >= 4 is 0 Å². The van der Waals surface area contributed by atoms with E-state index in [-0.39, 0.29) is 11.7 Å². The van der Waals surface area contributed by atoms with Crippen LogP contribution >= 0.6 is 0 Å². The minimum absolute atomic E-state index is 0.288. The SMILES string of the molecule is C1=CC2c3ccccc3C1CC21OCCO1. The number of hydrogen-bond acceptors (Lipinski definition) is 2. The summed E-state index contributed by atoms with van der Waals surface area (Å²) in [6.07, 6.45) is 5.55. The van der Waals surface area contributed by atoms with Crippen molar-refractivity contribution in [2.45, 2.75) is 24.0 Å². The summed E-state index contributed by atoms with van der Waals surface area (Å²) in [5.74, 6) is 0.406. The number of rotatable bonds is 0. The Balaban J connectivity index is 1.89. The summed E-state index contributed by atoms with van der Waals surface area (Å²) in [5, 5.41) is 0. The van der Waals surface area contributed by atoms with Crippen LogP contribution in [0.2, 0.25) is 0 Å². The molecule has 82 valence electrons. The molecule has 0 aromatic heterocycles. The van der Waals surface area contributed by atoms with Crippen molar-refractivity contribution in [3.05, 3.63) is 47.5 Å². The maximum absolute atomic E-state index is 5.90. The average molecular weight is 214 g/mol. The molecule has 2 atom stereocenters. The predicted molar refractivity (Wildman–Crippen MR) is 60.3 cm³/mol. The van der Waals surface area contributed by atoms with Gasteiger partial charge >= 0.3 is 0 Å². The van der Waals surface area contributed by atoms with E-state index in [1.165, 1.54) is 11.1 Å². The fraction of sp³-hybridized carbons (Fsp3) is 0.429. The summed E-state index contributed by atoms with van der Waals surface area (Å²) in [4.78, 5) is 0. The van der Waals surface area contributed by atoms with Crippen molar-refractivity contribution in [1.29, 1.82) is 0 Å². The van der Waals surface area contributed by atoms with Crippen LogP contribution in [0.5, 0.6) is 0 Å². The molecule has 2 nitrogen and oxygen atoms in total. The molecular weight excluding hydrogens is 200 g/mol. The fourth-order valence-electron chi connectivity index (χ4n) is 3.35.